The zero-order valence-corrected chi connectivity index (χ0v) is 15.8. The van der Waals surface area contributed by atoms with Gasteiger partial charge < -0.3 is 18.1 Å². The van der Waals surface area contributed by atoms with Crippen molar-refractivity contribution in [2.45, 2.75) is 39.5 Å². The Kier molecular flexibility index (Phi) is 4.42. The number of ketones is 1. The third-order valence-corrected chi connectivity index (χ3v) is 4.29. The normalized spacial score (nSPS) is 11.6. The summed E-state index contributed by atoms with van der Waals surface area (Å²) in [6.07, 6.45) is 0. The average molecular weight is 382 g/mol. The van der Waals surface area contributed by atoms with Gasteiger partial charge in [-0.1, -0.05) is 20.6 Å². The summed E-state index contributed by atoms with van der Waals surface area (Å²) < 4.78 is 21.6. The molecule has 0 saturated carbocycles. The van der Waals surface area contributed by atoms with Gasteiger partial charge in [0, 0.05) is 24.3 Å². The topological polar surface area (TPSA) is 121 Å². The Morgan fingerprint density at radius 1 is 0.607 bits per heavy atom. The van der Waals surface area contributed by atoms with Crippen molar-refractivity contribution < 1.29 is 22.9 Å². The van der Waals surface area contributed by atoms with Crippen LogP contribution in [0.3, 0.4) is 0 Å². The molecule has 0 aliphatic rings. The van der Waals surface area contributed by atoms with Crippen molar-refractivity contribution >= 4 is 5.78 Å². The van der Waals surface area contributed by atoms with Crippen LogP contribution in [0.5, 0.6) is 0 Å². The maximum atomic E-state index is 13.7. The molecule has 0 aromatic carbocycles. The summed E-state index contributed by atoms with van der Waals surface area (Å²) in [6, 6.07) is 6.76. The van der Waals surface area contributed by atoms with Gasteiger partial charge in [-0.15, -0.1) is 0 Å². The molecule has 0 fully saturated rings. The average Bonchev–Trinajstić information content (AvgIpc) is 3.41. The van der Waals surface area contributed by atoms with E-state index in [1.165, 1.54) is 0 Å². The van der Waals surface area contributed by atoms with Crippen molar-refractivity contribution in [3.8, 4) is 0 Å². The quantitative estimate of drug-likeness (QED) is 0.494. The van der Waals surface area contributed by atoms with Crippen molar-refractivity contribution in [2.24, 2.45) is 0 Å². The lowest BCUT2D eigenvalue weighted by Gasteiger charge is -2.15. The van der Waals surface area contributed by atoms with Gasteiger partial charge in [0.1, 0.15) is 11.8 Å². The van der Waals surface area contributed by atoms with Crippen LogP contribution >= 0.6 is 0 Å². The minimum Gasteiger partial charge on any atom is -0.360 e. The molecule has 0 amide bonds. The minimum atomic E-state index is -0.886. The second-order valence-electron chi connectivity index (χ2n) is 6.75. The number of aromatic nitrogens is 4. The molecule has 0 aliphatic carbocycles. The highest BCUT2D eigenvalue weighted by atomic mass is 16.5. The van der Waals surface area contributed by atoms with Crippen LogP contribution in [0.1, 0.15) is 57.7 Å². The number of nitrogens with zero attached hydrogens (tertiary/aromatic N) is 4. The summed E-state index contributed by atoms with van der Waals surface area (Å²) in [5, 5.41) is 15.6. The molecule has 0 N–H and O–H groups in total. The molecular weight excluding hydrogens is 364 g/mol. The smallest absolute Gasteiger partial charge is 0.169 e. The molecule has 4 aromatic heterocycles. The second kappa shape index (κ2) is 6.91. The van der Waals surface area contributed by atoms with E-state index in [1.807, 2.05) is 0 Å². The number of carbonyl (C=O) groups is 1. The van der Waals surface area contributed by atoms with Gasteiger partial charge in [-0.3, -0.25) is 4.79 Å². The molecule has 0 saturated heterocycles. The largest absolute Gasteiger partial charge is 0.360 e. The van der Waals surface area contributed by atoms with Gasteiger partial charge in [0.2, 0.25) is 0 Å². The third-order valence-electron chi connectivity index (χ3n) is 4.29. The fraction of sp³-hybridized carbons (Fsp3) is 0.316. The van der Waals surface area contributed by atoms with Crippen molar-refractivity contribution in [1.29, 1.82) is 0 Å². The molecule has 4 aromatic rings. The van der Waals surface area contributed by atoms with Crippen LogP contribution in [-0.4, -0.2) is 26.4 Å². The first-order valence-electron chi connectivity index (χ1n) is 8.69. The molecule has 0 atom stereocenters. The van der Waals surface area contributed by atoms with Gasteiger partial charge >= 0.3 is 0 Å². The Labute approximate surface area is 159 Å². The van der Waals surface area contributed by atoms with Crippen LogP contribution in [0.25, 0.3) is 0 Å². The Bertz CT molecular complexity index is 952. The molecule has 28 heavy (non-hydrogen) atoms. The summed E-state index contributed by atoms with van der Waals surface area (Å²) in [7, 11) is 0. The van der Waals surface area contributed by atoms with Crippen LogP contribution in [0.2, 0.25) is 0 Å². The molecule has 0 aliphatic heterocycles. The molecule has 4 heterocycles. The number of rotatable bonds is 6. The first-order chi connectivity index (χ1) is 13.4. The Morgan fingerprint density at radius 3 is 1.04 bits per heavy atom. The van der Waals surface area contributed by atoms with Gasteiger partial charge in [0.15, 0.2) is 28.8 Å². The van der Waals surface area contributed by atoms with Crippen molar-refractivity contribution in [2.75, 3.05) is 0 Å². The van der Waals surface area contributed by atoms with E-state index >= 15 is 0 Å². The summed E-state index contributed by atoms with van der Waals surface area (Å²) in [5.74, 6) is -0.689. The maximum absolute atomic E-state index is 13.7. The lowest BCUT2D eigenvalue weighted by Crippen LogP contribution is -2.22. The number of carbonyl (C=O) groups excluding carboxylic acids is 1. The van der Waals surface area contributed by atoms with Gasteiger partial charge in [-0.2, -0.15) is 0 Å². The van der Waals surface area contributed by atoms with Crippen molar-refractivity contribution in [3.63, 3.8) is 0 Å². The molecule has 0 spiro atoms. The number of Topliss-reactive ketones (excluding diaryl/α,β-unsaturated/α-hetero) is 1. The van der Waals surface area contributed by atoms with Crippen LogP contribution in [0.4, 0.5) is 0 Å². The van der Waals surface area contributed by atoms with Crippen molar-refractivity contribution in [1.82, 2.24) is 20.6 Å². The standard InChI is InChI=1S/C19H18N4O5/c1-9-5-13(25-20-9)17(14-6-10(2)21-26-14)19(24)18(15-7-11(3)22-27-15)16-8-12(4)23-28-16/h5-8,17-18H,1-4H3. The Balaban J connectivity index is 1.84. The highest BCUT2D eigenvalue weighted by Crippen LogP contribution is 2.36. The summed E-state index contributed by atoms with van der Waals surface area (Å²) in [4.78, 5) is 13.7. The fourth-order valence-corrected chi connectivity index (χ4v) is 3.09. The number of hydrogen-bond acceptors (Lipinski definition) is 9. The van der Waals surface area contributed by atoms with Gasteiger partial charge in [-0.25, -0.2) is 0 Å². The molecule has 144 valence electrons. The van der Waals surface area contributed by atoms with E-state index in [4.69, 9.17) is 18.1 Å². The predicted molar refractivity (Wildman–Crippen MR) is 93.7 cm³/mol. The monoisotopic (exact) mass is 382 g/mol. The van der Waals surface area contributed by atoms with E-state index in [2.05, 4.69) is 20.6 Å². The summed E-state index contributed by atoms with van der Waals surface area (Å²) >= 11 is 0. The number of aryl methyl sites for hydroxylation is 4. The highest BCUT2D eigenvalue weighted by molar-refractivity contribution is 5.95. The van der Waals surface area contributed by atoms with Crippen molar-refractivity contribution in [3.05, 3.63) is 70.1 Å². The molecule has 4 rings (SSSR count). The van der Waals surface area contributed by atoms with E-state index in [-0.39, 0.29) is 5.78 Å². The Hall–Kier alpha value is -3.49. The first kappa shape index (κ1) is 17.9. The van der Waals surface area contributed by atoms with E-state index in [1.54, 1.807) is 52.0 Å². The summed E-state index contributed by atoms with van der Waals surface area (Å²) in [5.41, 5.74) is 2.58. The maximum Gasteiger partial charge on any atom is 0.169 e. The molecule has 0 radical (unpaired) electrons. The summed E-state index contributed by atoms with van der Waals surface area (Å²) in [6.45, 7) is 7.10. The zero-order chi connectivity index (χ0) is 19.8. The SMILES string of the molecule is Cc1cc(C(C(=O)C(c2cc(C)no2)c2cc(C)no2)c2cc(C)no2)on1. The zero-order valence-electron chi connectivity index (χ0n) is 15.8. The van der Waals surface area contributed by atoms with Crippen LogP contribution in [0, 0.1) is 27.7 Å². The second-order valence-corrected chi connectivity index (χ2v) is 6.75. The molecule has 9 heteroatoms. The van der Waals surface area contributed by atoms with Gasteiger partial charge in [0.25, 0.3) is 0 Å². The molecule has 0 bridgehead atoms. The van der Waals surface area contributed by atoms with Crippen LogP contribution in [-0.2, 0) is 4.79 Å². The first-order valence-corrected chi connectivity index (χ1v) is 8.69. The van der Waals surface area contributed by atoms with Crippen LogP contribution in [0.15, 0.2) is 42.4 Å². The Morgan fingerprint density at radius 2 is 0.857 bits per heavy atom. The number of hydrogen-bond donors (Lipinski definition) is 0. The lowest BCUT2D eigenvalue weighted by atomic mass is 9.85. The highest BCUT2D eigenvalue weighted by Gasteiger charge is 2.40. The van der Waals surface area contributed by atoms with Crippen LogP contribution < -0.4 is 0 Å². The van der Waals surface area contributed by atoms with Gasteiger partial charge in [0.05, 0.1) is 22.8 Å². The lowest BCUT2D eigenvalue weighted by molar-refractivity contribution is -0.121. The van der Waals surface area contributed by atoms with E-state index in [0.717, 1.165) is 0 Å². The predicted octanol–water partition coefficient (Wildman–Crippen LogP) is 3.41. The fourth-order valence-electron chi connectivity index (χ4n) is 3.09. The minimum absolute atomic E-state index is 0.292. The van der Waals surface area contributed by atoms with E-state index < -0.39 is 11.8 Å². The van der Waals surface area contributed by atoms with E-state index in [0.29, 0.717) is 45.8 Å². The third kappa shape index (κ3) is 3.26. The molecule has 0 unspecified atom stereocenters. The van der Waals surface area contributed by atoms with E-state index in [9.17, 15) is 4.79 Å². The molecular formula is C19H18N4O5. The van der Waals surface area contributed by atoms with Gasteiger partial charge in [-0.05, 0) is 27.7 Å². The molecule has 9 nitrogen and oxygen atoms in total.